The van der Waals surface area contributed by atoms with Crippen molar-refractivity contribution in [2.75, 3.05) is 40.5 Å². The highest BCUT2D eigenvalue weighted by molar-refractivity contribution is 5.04. The van der Waals surface area contributed by atoms with Crippen molar-refractivity contribution in [1.29, 1.82) is 0 Å². The van der Waals surface area contributed by atoms with Crippen LogP contribution in [0.5, 0.6) is 0 Å². The van der Waals surface area contributed by atoms with Crippen LogP contribution in [0.1, 0.15) is 11.7 Å². The number of aliphatic hydroxyl groups excluding tert-OH is 1. The maximum Gasteiger partial charge on any atom is 0.0949 e. The number of aromatic nitrogens is 2. The molecule has 0 bridgehead atoms. The lowest BCUT2D eigenvalue weighted by Gasteiger charge is -2.13. The van der Waals surface area contributed by atoms with Crippen LogP contribution in [0.15, 0.2) is 12.5 Å². The fourth-order valence-corrected chi connectivity index (χ4v) is 1.43. The van der Waals surface area contributed by atoms with Gasteiger partial charge in [-0.1, -0.05) is 0 Å². The van der Waals surface area contributed by atoms with Crippen molar-refractivity contribution >= 4 is 0 Å². The van der Waals surface area contributed by atoms with Gasteiger partial charge in [-0.3, -0.25) is 0 Å². The van der Waals surface area contributed by atoms with E-state index in [0.29, 0.717) is 19.8 Å². The predicted molar refractivity (Wildman–Crippen MR) is 65.6 cm³/mol. The summed E-state index contributed by atoms with van der Waals surface area (Å²) in [5.74, 6) is 0. The molecule has 0 saturated heterocycles. The molecule has 0 aliphatic rings. The Labute approximate surface area is 102 Å². The molecule has 0 radical (unpaired) electrons. The van der Waals surface area contributed by atoms with E-state index in [-0.39, 0.29) is 12.6 Å². The molecular weight excluding hydrogens is 220 g/mol. The Balaban J connectivity index is 2.29. The van der Waals surface area contributed by atoms with E-state index in [2.05, 4.69) is 9.88 Å². The van der Waals surface area contributed by atoms with Gasteiger partial charge in [0.1, 0.15) is 0 Å². The average Bonchev–Trinajstić information content (AvgIpc) is 2.75. The first kappa shape index (κ1) is 14.1. The monoisotopic (exact) mass is 242 g/mol. The Hall–Kier alpha value is -0.950. The van der Waals surface area contributed by atoms with Gasteiger partial charge in [-0.25, -0.2) is 4.98 Å². The number of rotatable bonds is 8. The highest BCUT2D eigenvalue weighted by Gasteiger charge is 2.09. The van der Waals surface area contributed by atoms with E-state index in [1.807, 2.05) is 18.7 Å². The SMILES string of the molecule is CN(C)CCOCCn1cncc1C(N)CO. The van der Waals surface area contributed by atoms with Crippen molar-refractivity contribution in [3.63, 3.8) is 0 Å². The van der Waals surface area contributed by atoms with Crippen LogP contribution in [0.4, 0.5) is 0 Å². The molecule has 6 nitrogen and oxygen atoms in total. The quantitative estimate of drug-likeness (QED) is 0.598. The normalized spacial score (nSPS) is 13.2. The van der Waals surface area contributed by atoms with Gasteiger partial charge >= 0.3 is 0 Å². The minimum absolute atomic E-state index is 0.0762. The largest absolute Gasteiger partial charge is 0.394 e. The first-order valence-electron chi connectivity index (χ1n) is 5.74. The highest BCUT2D eigenvalue weighted by atomic mass is 16.5. The van der Waals surface area contributed by atoms with E-state index in [4.69, 9.17) is 15.6 Å². The molecule has 6 heteroatoms. The van der Waals surface area contributed by atoms with Gasteiger partial charge in [-0.05, 0) is 14.1 Å². The summed E-state index contributed by atoms with van der Waals surface area (Å²) in [4.78, 5) is 6.10. The topological polar surface area (TPSA) is 76.5 Å². The van der Waals surface area contributed by atoms with Crippen LogP contribution in [-0.4, -0.2) is 60.0 Å². The highest BCUT2D eigenvalue weighted by Crippen LogP contribution is 2.08. The van der Waals surface area contributed by atoms with Crippen LogP contribution in [0.25, 0.3) is 0 Å². The molecule has 0 saturated carbocycles. The van der Waals surface area contributed by atoms with Crippen LogP contribution >= 0.6 is 0 Å². The number of aliphatic hydroxyl groups is 1. The molecule has 1 rings (SSSR count). The van der Waals surface area contributed by atoms with Gasteiger partial charge in [0.2, 0.25) is 0 Å². The molecule has 0 aromatic carbocycles. The maximum absolute atomic E-state index is 9.00. The minimum atomic E-state index is -0.376. The van der Waals surface area contributed by atoms with Crippen LogP contribution in [0, 0.1) is 0 Å². The maximum atomic E-state index is 9.00. The van der Waals surface area contributed by atoms with Crippen molar-refractivity contribution in [1.82, 2.24) is 14.5 Å². The van der Waals surface area contributed by atoms with Gasteiger partial charge < -0.3 is 25.0 Å². The Kier molecular flexibility index (Phi) is 6.13. The third-order valence-electron chi connectivity index (χ3n) is 2.48. The van der Waals surface area contributed by atoms with Crippen molar-refractivity contribution in [2.45, 2.75) is 12.6 Å². The van der Waals surface area contributed by atoms with Crippen molar-refractivity contribution in [3.8, 4) is 0 Å². The zero-order chi connectivity index (χ0) is 12.7. The molecule has 1 atom stereocenters. The smallest absolute Gasteiger partial charge is 0.0949 e. The van der Waals surface area contributed by atoms with Crippen molar-refractivity contribution < 1.29 is 9.84 Å². The molecule has 0 aliphatic carbocycles. The first-order chi connectivity index (χ1) is 8.15. The summed E-state index contributed by atoms with van der Waals surface area (Å²) in [6.07, 6.45) is 3.39. The van der Waals surface area contributed by atoms with Gasteiger partial charge in [0.15, 0.2) is 0 Å². The fourth-order valence-electron chi connectivity index (χ4n) is 1.43. The van der Waals surface area contributed by atoms with E-state index in [9.17, 15) is 0 Å². The molecule has 0 fully saturated rings. The molecule has 0 amide bonds. The van der Waals surface area contributed by atoms with Crippen LogP contribution in [0.3, 0.4) is 0 Å². The van der Waals surface area contributed by atoms with Gasteiger partial charge in [-0.2, -0.15) is 0 Å². The average molecular weight is 242 g/mol. The number of nitrogens with zero attached hydrogens (tertiary/aromatic N) is 3. The second-order valence-electron chi connectivity index (χ2n) is 4.22. The van der Waals surface area contributed by atoms with Gasteiger partial charge in [0.25, 0.3) is 0 Å². The van der Waals surface area contributed by atoms with E-state index >= 15 is 0 Å². The Morgan fingerprint density at radius 2 is 2.29 bits per heavy atom. The van der Waals surface area contributed by atoms with Crippen molar-refractivity contribution in [2.24, 2.45) is 5.73 Å². The molecular formula is C11H22N4O2. The van der Waals surface area contributed by atoms with E-state index in [1.54, 1.807) is 12.5 Å². The standard InChI is InChI=1S/C11H22N4O2/c1-14(2)3-5-17-6-4-15-9-13-7-11(15)10(12)8-16/h7,9-10,16H,3-6,8,12H2,1-2H3. The Bertz CT molecular complexity index is 314. The van der Waals surface area contributed by atoms with E-state index < -0.39 is 0 Å². The number of imidazole rings is 1. The number of hydrogen-bond donors (Lipinski definition) is 2. The first-order valence-corrected chi connectivity index (χ1v) is 5.74. The van der Waals surface area contributed by atoms with Gasteiger partial charge in [0.05, 0.1) is 37.9 Å². The van der Waals surface area contributed by atoms with Crippen LogP contribution in [-0.2, 0) is 11.3 Å². The summed E-state index contributed by atoms with van der Waals surface area (Å²) in [6.45, 7) is 2.87. The second-order valence-corrected chi connectivity index (χ2v) is 4.22. The summed E-state index contributed by atoms with van der Waals surface area (Å²) >= 11 is 0. The summed E-state index contributed by atoms with van der Waals surface area (Å²) in [6, 6.07) is -0.376. The van der Waals surface area contributed by atoms with Gasteiger partial charge in [0, 0.05) is 19.3 Å². The zero-order valence-corrected chi connectivity index (χ0v) is 10.5. The number of nitrogens with two attached hydrogens (primary N) is 1. The molecule has 0 aliphatic heterocycles. The summed E-state index contributed by atoms with van der Waals surface area (Å²) in [7, 11) is 4.02. The zero-order valence-electron chi connectivity index (χ0n) is 10.5. The molecule has 1 aromatic rings. The third kappa shape index (κ3) is 4.82. The lowest BCUT2D eigenvalue weighted by atomic mass is 10.2. The molecule has 1 heterocycles. The predicted octanol–water partition coefficient (Wildman–Crippen LogP) is -0.547. The number of ether oxygens (including phenoxy) is 1. The van der Waals surface area contributed by atoms with Gasteiger partial charge in [-0.15, -0.1) is 0 Å². The fraction of sp³-hybridized carbons (Fsp3) is 0.727. The van der Waals surface area contributed by atoms with E-state index in [0.717, 1.165) is 12.2 Å². The number of hydrogen-bond acceptors (Lipinski definition) is 5. The Morgan fingerprint density at radius 1 is 1.53 bits per heavy atom. The second kappa shape index (κ2) is 7.39. The summed E-state index contributed by atoms with van der Waals surface area (Å²) < 4.78 is 7.41. The van der Waals surface area contributed by atoms with Crippen LogP contribution < -0.4 is 5.73 Å². The third-order valence-corrected chi connectivity index (χ3v) is 2.48. The molecule has 98 valence electrons. The molecule has 3 N–H and O–H groups in total. The summed E-state index contributed by atoms with van der Waals surface area (Å²) in [5.41, 5.74) is 6.59. The summed E-state index contributed by atoms with van der Waals surface area (Å²) in [5, 5.41) is 9.00. The molecule has 1 unspecified atom stereocenters. The Morgan fingerprint density at radius 3 is 2.94 bits per heavy atom. The molecule has 0 spiro atoms. The van der Waals surface area contributed by atoms with Crippen LogP contribution in [0.2, 0.25) is 0 Å². The molecule has 17 heavy (non-hydrogen) atoms. The lowest BCUT2D eigenvalue weighted by molar-refractivity contribution is 0.110. The molecule has 1 aromatic heterocycles. The van der Waals surface area contributed by atoms with E-state index in [1.165, 1.54) is 0 Å². The minimum Gasteiger partial charge on any atom is -0.394 e. The lowest BCUT2D eigenvalue weighted by Crippen LogP contribution is -2.21. The number of likely N-dealkylation sites (N-methyl/N-ethyl adjacent to an activating group) is 1. The van der Waals surface area contributed by atoms with Crippen molar-refractivity contribution in [3.05, 3.63) is 18.2 Å².